The molecular weight excluding hydrogens is 304 g/mol. The quantitative estimate of drug-likeness (QED) is 0.794. The van der Waals surface area contributed by atoms with Crippen molar-refractivity contribution in [3.05, 3.63) is 17.5 Å². The summed E-state index contributed by atoms with van der Waals surface area (Å²) in [6.45, 7) is 8.90. The fourth-order valence-corrected chi connectivity index (χ4v) is 3.28. The van der Waals surface area contributed by atoms with Gasteiger partial charge in [0.05, 0.1) is 12.4 Å². The van der Waals surface area contributed by atoms with Crippen molar-refractivity contribution in [3.63, 3.8) is 0 Å². The summed E-state index contributed by atoms with van der Waals surface area (Å²) in [6, 6.07) is 0. The van der Waals surface area contributed by atoms with Crippen molar-refractivity contribution in [1.29, 1.82) is 0 Å². The lowest BCUT2D eigenvalue weighted by atomic mass is 10.0. The summed E-state index contributed by atoms with van der Waals surface area (Å²) in [6.07, 6.45) is 3.06. The smallest absolute Gasteiger partial charge is 0.410 e. The number of carbonyl (C=O) groups excluding carboxylic acids is 1. The third-order valence-corrected chi connectivity index (χ3v) is 4.24. The van der Waals surface area contributed by atoms with E-state index in [4.69, 9.17) is 16.3 Å². The Bertz CT molecular complexity index is 561. The van der Waals surface area contributed by atoms with E-state index in [2.05, 4.69) is 14.9 Å². The van der Waals surface area contributed by atoms with Crippen molar-refractivity contribution >= 4 is 23.5 Å². The van der Waals surface area contributed by atoms with E-state index in [1.165, 1.54) is 6.20 Å². The number of fused-ring (bicyclic) bond motifs is 1. The molecule has 0 bridgehead atoms. The Balaban J connectivity index is 1.60. The van der Waals surface area contributed by atoms with Crippen LogP contribution in [-0.2, 0) is 4.74 Å². The van der Waals surface area contributed by atoms with Crippen LogP contribution in [0.25, 0.3) is 0 Å². The molecule has 3 heterocycles. The molecule has 1 aromatic heterocycles. The van der Waals surface area contributed by atoms with Crippen molar-refractivity contribution in [2.24, 2.45) is 11.8 Å². The summed E-state index contributed by atoms with van der Waals surface area (Å²) in [5.41, 5.74) is -0.447. The fourth-order valence-electron chi connectivity index (χ4n) is 3.14. The average Bonchev–Trinajstić information content (AvgIpc) is 2.94. The molecule has 0 aliphatic carbocycles. The van der Waals surface area contributed by atoms with Gasteiger partial charge in [0.2, 0.25) is 0 Å². The van der Waals surface area contributed by atoms with E-state index in [-0.39, 0.29) is 6.09 Å². The molecule has 120 valence electrons. The minimum atomic E-state index is -0.447. The molecule has 1 aromatic rings. The number of hydrogen-bond donors (Lipinski definition) is 0. The fraction of sp³-hybridized carbons (Fsp3) is 0.667. The maximum atomic E-state index is 12.1. The Hall–Kier alpha value is -1.56. The number of carbonyl (C=O) groups is 1. The first-order valence-corrected chi connectivity index (χ1v) is 7.90. The highest BCUT2D eigenvalue weighted by Crippen LogP contribution is 2.33. The van der Waals surface area contributed by atoms with Gasteiger partial charge in [0.15, 0.2) is 0 Å². The van der Waals surface area contributed by atoms with Crippen LogP contribution in [0.5, 0.6) is 0 Å². The van der Waals surface area contributed by atoms with E-state index in [1.807, 2.05) is 25.7 Å². The van der Waals surface area contributed by atoms with Gasteiger partial charge < -0.3 is 14.5 Å². The third-order valence-electron chi connectivity index (χ3n) is 4.05. The van der Waals surface area contributed by atoms with Gasteiger partial charge in [0, 0.05) is 38.0 Å². The molecule has 0 N–H and O–H groups in total. The summed E-state index contributed by atoms with van der Waals surface area (Å²) < 4.78 is 5.45. The van der Waals surface area contributed by atoms with Crippen LogP contribution in [0.2, 0.25) is 5.15 Å². The zero-order valence-corrected chi connectivity index (χ0v) is 13.9. The van der Waals surface area contributed by atoms with E-state index >= 15 is 0 Å². The summed E-state index contributed by atoms with van der Waals surface area (Å²) in [5.74, 6) is 1.72. The molecule has 0 radical (unpaired) electrons. The zero-order valence-electron chi connectivity index (χ0n) is 13.1. The van der Waals surface area contributed by atoms with E-state index in [0.29, 0.717) is 17.0 Å². The monoisotopic (exact) mass is 324 g/mol. The first-order chi connectivity index (χ1) is 10.3. The average molecular weight is 325 g/mol. The molecule has 3 rings (SSSR count). The minimum Gasteiger partial charge on any atom is -0.444 e. The number of nitrogens with zero attached hydrogens (tertiary/aromatic N) is 4. The highest BCUT2D eigenvalue weighted by molar-refractivity contribution is 6.29. The Morgan fingerprint density at radius 3 is 2.41 bits per heavy atom. The molecule has 2 fully saturated rings. The van der Waals surface area contributed by atoms with Crippen molar-refractivity contribution in [2.45, 2.75) is 26.4 Å². The van der Waals surface area contributed by atoms with Gasteiger partial charge in [-0.3, -0.25) is 4.98 Å². The second-order valence-electron chi connectivity index (χ2n) is 7.01. The topological polar surface area (TPSA) is 58.6 Å². The number of aromatic nitrogens is 2. The molecule has 2 atom stereocenters. The molecule has 6 nitrogen and oxygen atoms in total. The minimum absolute atomic E-state index is 0.212. The maximum Gasteiger partial charge on any atom is 0.410 e. The molecule has 2 aliphatic heterocycles. The molecule has 2 aliphatic rings. The van der Waals surface area contributed by atoms with Gasteiger partial charge in [0.1, 0.15) is 16.6 Å². The summed E-state index contributed by atoms with van der Waals surface area (Å²) >= 11 is 5.90. The maximum absolute atomic E-state index is 12.1. The second kappa shape index (κ2) is 5.57. The van der Waals surface area contributed by atoms with Gasteiger partial charge in [0.25, 0.3) is 0 Å². The molecule has 22 heavy (non-hydrogen) atoms. The summed E-state index contributed by atoms with van der Waals surface area (Å²) in [7, 11) is 0. The summed E-state index contributed by atoms with van der Waals surface area (Å²) in [5, 5.41) is 0.407. The molecular formula is C15H21ClN4O2. The van der Waals surface area contributed by atoms with Gasteiger partial charge in [-0.25, -0.2) is 9.78 Å². The van der Waals surface area contributed by atoms with Crippen molar-refractivity contribution in [3.8, 4) is 0 Å². The van der Waals surface area contributed by atoms with Gasteiger partial charge >= 0.3 is 6.09 Å². The number of amides is 1. The van der Waals surface area contributed by atoms with Crippen molar-refractivity contribution < 1.29 is 9.53 Å². The number of likely N-dealkylation sites (tertiary alicyclic amines) is 1. The lowest BCUT2D eigenvalue weighted by Gasteiger charge is -2.26. The van der Waals surface area contributed by atoms with Crippen LogP contribution >= 0.6 is 11.6 Å². The largest absolute Gasteiger partial charge is 0.444 e. The highest BCUT2D eigenvalue weighted by atomic mass is 35.5. The molecule has 0 saturated carbocycles. The van der Waals surface area contributed by atoms with Crippen LogP contribution in [0.15, 0.2) is 12.4 Å². The van der Waals surface area contributed by atoms with Crippen LogP contribution in [0, 0.1) is 11.8 Å². The molecule has 1 amide bonds. The first kappa shape index (κ1) is 15.3. The van der Waals surface area contributed by atoms with Crippen LogP contribution in [0.1, 0.15) is 20.8 Å². The highest BCUT2D eigenvalue weighted by Gasteiger charge is 2.43. The van der Waals surface area contributed by atoms with Gasteiger partial charge in [-0.1, -0.05) is 11.6 Å². The number of anilines is 1. The van der Waals surface area contributed by atoms with Crippen molar-refractivity contribution in [2.75, 3.05) is 31.1 Å². The van der Waals surface area contributed by atoms with Gasteiger partial charge in [-0.15, -0.1) is 0 Å². The number of rotatable bonds is 1. The van der Waals surface area contributed by atoms with Crippen LogP contribution in [-0.4, -0.2) is 52.7 Å². The van der Waals surface area contributed by atoms with E-state index in [1.54, 1.807) is 6.20 Å². The van der Waals surface area contributed by atoms with Gasteiger partial charge in [-0.2, -0.15) is 0 Å². The van der Waals surface area contributed by atoms with Crippen LogP contribution in [0.3, 0.4) is 0 Å². The second-order valence-corrected chi connectivity index (χ2v) is 7.40. The SMILES string of the molecule is CC(C)(C)OC(=O)N1C[C@@H]2CN(c3cncc(Cl)n3)C[C@@H]2C1. The lowest BCUT2D eigenvalue weighted by Crippen LogP contribution is -2.37. The molecule has 0 aromatic carbocycles. The van der Waals surface area contributed by atoms with Crippen LogP contribution in [0.4, 0.5) is 10.6 Å². The molecule has 2 saturated heterocycles. The van der Waals surface area contributed by atoms with Crippen molar-refractivity contribution in [1.82, 2.24) is 14.9 Å². The number of halogens is 1. The van der Waals surface area contributed by atoms with E-state index in [0.717, 1.165) is 32.0 Å². The number of hydrogen-bond acceptors (Lipinski definition) is 5. The van der Waals surface area contributed by atoms with Gasteiger partial charge in [-0.05, 0) is 20.8 Å². The summed E-state index contributed by atoms with van der Waals surface area (Å²) in [4.78, 5) is 24.5. The Morgan fingerprint density at radius 2 is 1.86 bits per heavy atom. The lowest BCUT2D eigenvalue weighted by molar-refractivity contribution is 0.0282. The van der Waals surface area contributed by atoms with Crippen LogP contribution < -0.4 is 4.90 Å². The molecule has 0 unspecified atom stereocenters. The standard InChI is InChI=1S/C15H21ClN4O2/c1-15(2,3)22-14(21)20-8-10-6-19(7-11(10)9-20)13-5-17-4-12(16)18-13/h4-5,10-11H,6-9H2,1-3H3/t10-,11+. The number of ether oxygens (including phenoxy) is 1. The van der Waals surface area contributed by atoms with E-state index in [9.17, 15) is 4.79 Å². The predicted octanol–water partition coefficient (Wildman–Crippen LogP) is 2.43. The van der Waals surface area contributed by atoms with E-state index < -0.39 is 5.60 Å². The first-order valence-electron chi connectivity index (χ1n) is 7.52. The Kier molecular flexibility index (Phi) is 3.89. The third kappa shape index (κ3) is 3.27. The zero-order chi connectivity index (χ0) is 15.9. The molecule has 0 spiro atoms. The predicted molar refractivity (Wildman–Crippen MR) is 84.0 cm³/mol. The normalized spacial score (nSPS) is 24.5. The Morgan fingerprint density at radius 1 is 1.23 bits per heavy atom. The Labute approximate surface area is 135 Å². The molecule has 7 heteroatoms.